The van der Waals surface area contributed by atoms with Crippen molar-refractivity contribution in [2.24, 2.45) is 0 Å². The highest BCUT2D eigenvalue weighted by Gasteiger charge is 2.31. The average Bonchev–Trinajstić information content (AvgIpc) is 2.90. The number of hydrogen-bond donors (Lipinski definition) is 1. The predicted molar refractivity (Wildman–Crippen MR) is 82.3 cm³/mol. The van der Waals surface area contributed by atoms with Crippen LogP contribution in [0.25, 0.3) is 10.2 Å². The van der Waals surface area contributed by atoms with Crippen molar-refractivity contribution in [1.82, 2.24) is 15.2 Å². The molecular formula is C14H18N4OS. The van der Waals surface area contributed by atoms with E-state index in [0.717, 1.165) is 28.4 Å². The zero-order valence-electron chi connectivity index (χ0n) is 11.7. The molecule has 0 saturated carbocycles. The Kier molecular flexibility index (Phi) is 3.58. The molecule has 1 aromatic carbocycles. The Morgan fingerprint density at radius 3 is 3.00 bits per heavy atom. The van der Waals surface area contributed by atoms with E-state index in [1.165, 1.54) is 0 Å². The van der Waals surface area contributed by atoms with Gasteiger partial charge in [0.15, 0.2) is 5.13 Å². The molecule has 0 bridgehead atoms. The number of hydrogen-bond acceptors (Lipinski definition) is 5. The summed E-state index contributed by atoms with van der Waals surface area (Å²) < 4.78 is 1.16. The Balaban J connectivity index is 1.94. The second-order valence-corrected chi connectivity index (χ2v) is 6.12. The number of rotatable bonds is 2. The first-order valence-corrected chi connectivity index (χ1v) is 7.52. The maximum absolute atomic E-state index is 12.3. The maximum atomic E-state index is 12.3. The van der Waals surface area contributed by atoms with E-state index in [0.29, 0.717) is 6.54 Å². The van der Waals surface area contributed by atoms with Crippen molar-refractivity contribution in [3.05, 3.63) is 24.3 Å². The minimum Gasteiger partial charge on any atom is -0.347 e. The highest BCUT2D eigenvalue weighted by Crippen LogP contribution is 2.30. The summed E-state index contributed by atoms with van der Waals surface area (Å²) in [7, 11) is 3.60. The lowest BCUT2D eigenvalue weighted by Gasteiger charge is -2.36. The quantitative estimate of drug-likeness (QED) is 0.902. The first-order valence-electron chi connectivity index (χ1n) is 6.71. The molecule has 1 aliphatic heterocycles. The number of nitrogens with zero attached hydrogens (tertiary/aromatic N) is 3. The van der Waals surface area contributed by atoms with Gasteiger partial charge in [-0.25, -0.2) is 4.98 Å². The van der Waals surface area contributed by atoms with Crippen molar-refractivity contribution in [2.45, 2.75) is 6.04 Å². The van der Waals surface area contributed by atoms with Crippen LogP contribution >= 0.6 is 11.3 Å². The molecule has 1 aliphatic rings. The number of para-hydroxylation sites is 1. The monoisotopic (exact) mass is 290 g/mol. The van der Waals surface area contributed by atoms with Crippen LogP contribution in [-0.2, 0) is 4.79 Å². The lowest BCUT2D eigenvalue weighted by molar-refractivity contribution is -0.130. The smallest absolute Gasteiger partial charge is 0.246 e. The molecule has 3 rings (SSSR count). The molecule has 5 nitrogen and oxygen atoms in total. The van der Waals surface area contributed by atoms with E-state index < -0.39 is 0 Å². The molecule has 0 spiro atoms. The highest BCUT2D eigenvalue weighted by molar-refractivity contribution is 7.22. The summed E-state index contributed by atoms with van der Waals surface area (Å²) in [6, 6.07) is 7.93. The van der Waals surface area contributed by atoms with E-state index in [-0.39, 0.29) is 11.9 Å². The van der Waals surface area contributed by atoms with Gasteiger partial charge in [0.05, 0.1) is 10.2 Å². The molecular weight excluding hydrogens is 272 g/mol. The Labute approximate surface area is 122 Å². The molecule has 6 heteroatoms. The van der Waals surface area contributed by atoms with Crippen molar-refractivity contribution < 1.29 is 4.79 Å². The molecule has 106 valence electrons. The van der Waals surface area contributed by atoms with Crippen molar-refractivity contribution in [3.8, 4) is 0 Å². The molecule has 1 saturated heterocycles. The summed E-state index contributed by atoms with van der Waals surface area (Å²) in [4.78, 5) is 20.8. The van der Waals surface area contributed by atoms with E-state index in [9.17, 15) is 4.79 Å². The van der Waals surface area contributed by atoms with E-state index >= 15 is 0 Å². The molecule has 2 aromatic rings. The third-order valence-corrected chi connectivity index (χ3v) is 4.57. The number of fused-ring (bicyclic) bond motifs is 1. The Hall–Kier alpha value is -1.66. The number of aromatic nitrogens is 1. The highest BCUT2D eigenvalue weighted by atomic mass is 32.1. The van der Waals surface area contributed by atoms with Crippen LogP contribution in [0.15, 0.2) is 24.3 Å². The van der Waals surface area contributed by atoms with Gasteiger partial charge in [-0.2, -0.15) is 0 Å². The summed E-state index contributed by atoms with van der Waals surface area (Å²) in [5.74, 6) is 0.122. The maximum Gasteiger partial charge on any atom is 0.246 e. The molecule has 20 heavy (non-hydrogen) atoms. The molecule has 1 N–H and O–H groups in total. The zero-order chi connectivity index (χ0) is 14.1. The van der Waals surface area contributed by atoms with Crippen LogP contribution in [0, 0.1) is 0 Å². The van der Waals surface area contributed by atoms with Crippen molar-refractivity contribution in [3.63, 3.8) is 0 Å². The first-order chi connectivity index (χ1) is 9.66. The van der Waals surface area contributed by atoms with Gasteiger partial charge in [0.1, 0.15) is 6.04 Å². The predicted octanol–water partition coefficient (Wildman–Crippen LogP) is 1.16. The van der Waals surface area contributed by atoms with E-state index in [4.69, 9.17) is 0 Å². The molecule has 1 atom stereocenters. The summed E-state index contributed by atoms with van der Waals surface area (Å²) >= 11 is 1.65. The normalized spacial score (nSPS) is 19.3. The minimum absolute atomic E-state index is 0.122. The van der Waals surface area contributed by atoms with Crippen LogP contribution in [0.5, 0.6) is 0 Å². The number of amides is 1. The molecule has 1 unspecified atom stereocenters. The lowest BCUT2D eigenvalue weighted by atomic mass is 10.2. The fourth-order valence-corrected chi connectivity index (χ4v) is 3.48. The number of likely N-dealkylation sites (N-methyl/N-ethyl adjacent to an activating group) is 1. The SMILES string of the molecule is CN(C)C(=O)C1CNCCN1c1nc2ccccc2s1. The second kappa shape index (κ2) is 5.38. The Morgan fingerprint density at radius 2 is 2.25 bits per heavy atom. The molecule has 1 amide bonds. The number of nitrogens with one attached hydrogen (secondary N) is 1. The van der Waals surface area contributed by atoms with Crippen LogP contribution in [0.1, 0.15) is 0 Å². The van der Waals surface area contributed by atoms with Crippen molar-refractivity contribution >= 4 is 32.6 Å². The molecule has 0 radical (unpaired) electrons. The van der Waals surface area contributed by atoms with Gasteiger partial charge in [0.2, 0.25) is 5.91 Å². The van der Waals surface area contributed by atoms with Gasteiger partial charge < -0.3 is 15.1 Å². The second-order valence-electron chi connectivity index (χ2n) is 5.11. The summed E-state index contributed by atoms with van der Waals surface area (Å²) in [5.41, 5.74) is 1.00. The minimum atomic E-state index is -0.167. The number of anilines is 1. The average molecular weight is 290 g/mol. The number of carbonyl (C=O) groups excluding carboxylic acids is 1. The Bertz CT molecular complexity index is 591. The molecule has 1 aromatic heterocycles. The summed E-state index contributed by atoms with van der Waals surface area (Å²) in [5, 5.41) is 4.23. The van der Waals surface area contributed by atoms with Crippen LogP contribution in [-0.4, -0.2) is 55.6 Å². The van der Waals surface area contributed by atoms with E-state index in [1.54, 1.807) is 30.3 Å². The number of carbonyl (C=O) groups is 1. The summed E-state index contributed by atoms with van der Waals surface area (Å²) in [6.07, 6.45) is 0. The fraction of sp³-hybridized carbons (Fsp3) is 0.429. The van der Waals surface area contributed by atoms with Crippen LogP contribution in [0.4, 0.5) is 5.13 Å². The van der Waals surface area contributed by atoms with Crippen LogP contribution < -0.4 is 10.2 Å². The van der Waals surface area contributed by atoms with Gasteiger partial charge in [0.25, 0.3) is 0 Å². The molecule has 1 fully saturated rings. The number of thiazole rings is 1. The molecule has 2 heterocycles. The lowest BCUT2D eigenvalue weighted by Crippen LogP contribution is -2.57. The first kappa shape index (κ1) is 13.3. The third kappa shape index (κ3) is 2.36. The summed E-state index contributed by atoms with van der Waals surface area (Å²) in [6.45, 7) is 2.37. The largest absolute Gasteiger partial charge is 0.347 e. The fourth-order valence-electron chi connectivity index (χ4n) is 2.43. The standard InChI is InChI=1S/C14H18N4OS/c1-17(2)13(19)11-9-15-7-8-18(11)14-16-10-5-3-4-6-12(10)20-14/h3-6,11,15H,7-9H2,1-2H3. The van der Waals surface area contributed by atoms with Gasteiger partial charge in [-0.1, -0.05) is 23.5 Å². The Morgan fingerprint density at radius 1 is 1.45 bits per heavy atom. The van der Waals surface area contributed by atoms with Gasteiger partial charge in [-0.3, -0.25) is 4.79 Å². The molecule has 0 aliphatic carbocycles. The zero-order valence-corrected chi connectivity index (χ0v) is 12.5. The number of piperazine rings is 1. The van der Waals surface area contributed by atoms with Crippen molar-refractivity contribution in [2.75, 3.05) is 38.6 Å². The van der Waals surface area contributed by atoms with Crippen LogP contribution in [0.3, 0.4) is 0 Å². The van der Waals surface area contributed by atoms with Gasteiger partial charge in [-0.05, 0) is 12.1 Å². The topological polar surface area (TPSA) is 48.5 Å². The van der Waals surface area contributed by atoms with Crippen molar-refractivity contribution in [1.29, 1.82) is 0 Å². The van der Waals surface area contributed by atoms with Gasteiger partial charge in [0, 0.05) is 33.7 Å². The van der Waals surface area contributed by atoms with Crippen LogP contribution in [0.2, 0.25) is 0 Å². The van der Waals surface area contributed by atoms with E-state index in [1.807, 2.05) is 18.2 Å². The third-order valence-electron chi connectivity index (χ3n) is 3.50. The van der Waals surface area contributed by atoms with E-state index in [2.05, 4.69) is 21.3 Å². The number of benzene rings is 1. The van der Waals surface area contributed by atoms with Gasteiger partial charge >= 0.3 is 0 Å². The van der Waals surface area contributed by atoms with Gasteiger partial charge in [-0.15, -0.1) is 0 Å².